The molecule has 0 aliphatic carbocycles. The van der Waals surface area contributed by atoms with Gasteiger partial charge in [-0.15, -0.1) is 0 Å². The van der Waals surface area contributed by atoms with Gasteiger partial charge in [0.15, 0.2) is 0 Å². The topological polar surface area (TPSA) is 56.2 Å². The summed E-state index contributed by atoms with van der Waals surface area (Å²) in [6.07, 6.45) is 7.27. The van der Waals surface area contributed by atoms with Crippen molar-refractivity contribution in [3.8, 4) is 0 Å². The van der Waals surface area contributed by atoms with Crippen LogP contribution in [0.3, 0.4) is 0 Å². The number of benzene rings is 2. The van der Waals surface area contributed by atoms with Crippen molar-refractivity contribution in [1.82, 2.24) is 4.90 Å². The molecule has 0 amide bonds. The number of likely N-dealkylation sites (tertiary alicyclic amines) is 1. The fourth-order valence-electron chi connectivity index (χ4n) is 3.91. The monoisotopic (exact) mass is 375 g/mol. The molecule has 0 saturated carbocycles. The molecule has 0 atom stereocenters. The lowest BCUT2D eigenvalue weighted by atomic mass is 9.87. The van der Waals surface area contributed by atoms with Crippen molar-refractivity contribution in [3.63, 3.8) is 0 Å². The molecule has 1 aliphatic rings. The molecular formula is C24H29N3O. The summed E-state index contributed by atoms with van der Waals surface area (Å²) in [7, 11) is 0. The van der Waals surface area contributed by atoms with E-state index in [0.717, 1.165) is 67.7 Å². The molecule has 1 fully saturated rings. The molecular weight excluding hydrogens is 346 g/mol. The number of nitrogens with zero attached hydrogens (tertiary/aromatic N) is 1. The number of aldehydes is 1. The summed E-state index contributed by atoms with van der Waals surface area (Å²) in [4.78, 5) is 13.6. The zero-order valence-corrected chi connectivity index (χ0v) is 16.5. The predicted octanol–water partition coefficient (Wildman–Crippen LogP) is 4.89. The highest BCUT2D eigenvalue weighted by molar-refractivity contribution is 5.77. The zero-order valence-electron chi connectivity index (χ0n) is 16.5. The van der Waals surface area contributed by atoms with Crippen LogP contribution < -0.4 is 5.32 Å². The van der Waals surface area contributed by atoms with Crippen molar-refractivity contribution in [2.24, 2.45) is 0 Å². The maximum atomic E-state index is 11.2. The number of allylic oxidation sites excluding steroid dienone is 1. The zero-order chi connectivity index (χ0) is 19.8. The average Bonchev–Trinajstić information content (AvgIpc) is 2.74. The Kier molecular flexibility index (Phi) is 7.15. The van der Waals surface area contributed by atoms with Gasteiger partial charge in [0.25, 0.3) is 0 Å². The number of para-hydroxylation sites is 1. The van der Waals surface area contributed by atoms with E-state index in [1.165, 1.54) is 11.8 Å². The highest BCUT2D eigenvalue weighted by Gasteiger charge is 2.21. The molecule has 2 aromatic rings. The first-order valence-electron chi connectivity index (χ1n) is 10.1. The predicted molar refractivity (Wildman–Crippen MR) is 117 cm³/mol. The van der Waals surface area contributed by atoms with Crippen molar-refractivity contribution < 1.29 is 4.79 Å². The van der Waals surface area contributed by atoms with Gasteiger partial charge >= 0.3 is 0 Å². The molecule has 28 heavy (non-hydrogen) atoms. The molecule has 0 bridgehead atoms. The highest BCUT2D eigenvalue weighted by atomic mass is 16.1. The molecule has 0 radical (unpaired) electrons. The Bertz CT molecular complexity index is 821. The van der Waals surface area contributed by atoms with Gasteiger partial charge in [-0.1, -0.05) is 43.3 Å². The van der Waals surface area contributed by atoms with Crippen molar-refractivity contribution >= 4 is 18.2 Å². The summed E-state index contributed by atoms with van der Waals surface area (Å²) < 4.78 is 0. The molecule has 2 N–H and O–H groups in total. The number of carbonyl (C=O) groups is 1. The van der Waals surface area contributed by atoms with E-state index in [1.54, 1.807) is 0 Å². The summed E-state index contributed by atoms with van der Waals surface area (Å²) in [5, 5.41) is 10.9. The van der Waals surface area contributed by atoms with Gasteiger partial charge in [0.05, 0.1) is 0 Å². The Labute approximate surface area is 167 Å². The molecule has 1 aliphatic heterocycles. The maximum absolute atomic E-state index is 11.2. The van der Waals surface area contributed by atoms with Crippen LogP contribution in [-0.4, -0.2) is 37.0 Å². The summed E-state index contributed by atoms with van der Waals surface area (Å²) in [6, 6.07) is 16.4. The third kappa shape index (κ3) is 5.17. The smallest absolute Gasteiger partial charge is 0.150 e. The van der Waals surface area contributed by atoms with Gasteiger partial charge in [-0.05, 0) is 67.6 Å². The van der Waals surface area contributed by atoms with Crippen LogP contribution in [-0.2, 0) is 6.42 Å². The van der Waals surface area contributed by atoms with Gasteiger partial charge in [0, 0.05) is 29.7 Å². The molecule has 4 heteroatoms. The Morgan fingerprint density at radius 2 is 1.93 bits per heavy atom. The summed E-state index contributed by atoms with van der Waals surface area (Å²) in [6.45, 7) is 4.99. The average molecular weight is 376 g/mol. The van der Waals surface area contributed by atoms with Crippen LogP contribution in [0.1, 0.15) is 47.2 Å². The minimum Gasteiger partial charge on any atom is -0.358 e. The number of anilines is 1. The first-order chi connectivity index (χ1) is 13.7. The van der Waals surface area contributed by atoms with Crippen LogP contribution in [0.25, 0.3) is 0 Å². The molecule has 0 aromatic heterocycles. The Balaban J connectivity index is 1.59. The number of carbonyl (C=O) groups excluding carboxylic acids is 1. The minimum atomic E-state index is 0.555. The third-order valence-electron chi connectivity index (χ3n) is 5.49. The van der Waals surface area contributed by atoms with E-state index in [-0.39, 0.29) is 0 Å². The van der Waals surface area contributed by atoms with Gasteiger partial charge in [-0.25, -0.2) is 0 Å². The Morgan fingerprint density at radius 3 is 2.57 bits per heavy atom. The molecule has 4 nitrogen and oxygen atoms in total. The molecule has 0 spiro atoms. The van der Waals surface area contributed by atoms with Crippen molar-refractivity contribution in [3.05, 3.63) is 77.0 Å². The Hall–Kier alpha value is -2.72. The summed E-state index contributed by atoms with van der Waals surface area (Å²) in [5.74, 6) is 0.555. The van der Waals surface area contributed by atoms with Crippen LogP contribution in [0.5, 0.6) is 0 Å². The van der Waals surface area contributed by atoms with Crippen molar-refractivity contribution in [1.29, 1.82) is 5.41 Å². The minimum absolute atomic E-state index is 0.555. The van der Waals surface area contributed by atoms with E-state index in [1.807, 2.05) is 42.5 Å². The largest absolute Gasteiger partial charge is 0.358 e. The van der Waals surface area contributed by atoms with E-state index in [4.69, 9.17) is 5.41 Å². The molecule has 146 valence electrons. The van der Waals surface area contributed by atoms with Gasteiger partial charge in [-0.2, -0.15) is 0 Å². The number of aryl methyl sites for hydroxylation is 1. The molecule has 1 saturated heterocycles. The van der Waals surface area contributed by atoms with Gasteiger partial charge < -0.3 is 10.7 Å². The van der Waals surface area contributed by atoms with E-state index in [2.05, 4.69) is 29.3 Å². The van der Waals surface area contributed by atoms with E-state index in [9.17, 15) is 4.79 Å². The first-order valence-corrected chi connectivity index (χ1v) is 10.1. The lowest BCUT2D eigenvalue weighted by molar-refractivity contribution is 0.112. The second kappa shape index (κ2) is 10.00. The standard InChI is InChI=1S/C24H29N3O/c1-2-19-16-21(8-9-22(19)18-28)20-11-14-27(15-12-20)17-24(10-13-25)26-23-6-4-3-5-7-23/h3-10,13,16,18,20,25-26H,2,11-12,14-15,17H2,1H3/b24-10-,25-13?. The van der Waals surface area contributed by atoms with Crippen molar-refractivity contribution in [2.45, 2.75) is 32.1 Å². The fourth-order valence-corrected chi connectivity index (χ4v) is 3.91. The summed E-state index contributed by atoms with van der Waals surface area (Å²) >= 11 is 0. The van der Waals surface area contributed by atoms with Gasteiger partial charge in [0.1, 0.15) is 6.29 Å². The fraction of sp³-hybridized carbons (Fsp3) is 0.333. The molecule has 0 unspecified atom stereocenters. The normalized spacial score (nSPS) is 16.0. The van der Waals surface area contributed by atoms with Gasteiger partial charge in [-0.3, -0.25) is 9.69 Å². The SMILES string of the molecule is CCc1cc(C2CCN(C/C(=C/C=N)Nc3ccccc3)CC2)ccc1C=O. The number of nitrogens with one attached hydrogen (secondary N) is 2. The lowest BCUT2D eigenvalue weighted by Gasteiger charge is -2.33. The lowest BCUT2D eigenvalue weighted by Crippen LogP contribution is -2.35. The Morgan fingerprint density at radius 1 is 1.18 bits per heavy atom. The third-order valence-corrected chi connectivity index (χ3v) is 5.49. The first kappa shape index (κ1) is 20.0. The van der Waals surface area contributed by atoms with Crippen LogP contribution in [0.2, 0.25) is 0 Å². The quantitative estimate of drug-likeness (QED) is 0.510. The molecule has 1 heterocycles. The second-order valence-corrected chi connectivity index (χ2v) is 7.33. The summed E-state index contributed by atoms with van der Waals surface area (Å²) in [5.41, 5.74) is 5.42. The van der Waals surface area contributed by atoms with Crippen LogP contribution in [0.4, 0.5) is 5.69 Å². The number of rotatable bonds is 8. The van der Waals surface area contributed by atoms with E-state index >= 15 is 0 Å². The van der Waals surface area contributed by atoms with Crippen molar-refractivity contribution in [2.75, 3.05) is 25.0 Å². The maximum Gasteiger partial charge on any atom is 0.150 e. The second-order valence-electron chi connectivity index (χ2n) is 7.33. The van der Waals surface area contributed by atoms with Crippen LogP contribution in [0.15, 0.2) is 60.3 Å². The number of piperidine rings is 1. The van der Waals surface area contributed by atoms with Gasteiger partial charge in [0.2, 0.25) is 0 Å². The van der Waals surface area contributed by atoms with E-state index < -0.39 is 0 Å². The number of hydrogen-bond acceptors (Lipinski definition) is 4. The van der Waals surface area contributed by atoms with E-state index in [0.29, 0.717) is 5.92 Å². The highest BCUT2D eigenvalue weighted by Crippen LogP contribution is 2.29. The molecule has 3 rings (SSSR count). The number of hydrogen-bond donors (Lipinski definition) is 2. The van der Waals surface area contributed by atoms with Crippen LogP contribution in [0, 0.1) is 5.41 Å². The molecule has 2 aromatic carbocycles. The van der Waals surface area contributed by atoms with Crippen LogP contribution >= 0.6 is 0 Å².